The first kappa shape index (κ1) is 18.9. The summed E-state index contributed by atoms with van der Waals surface area (Å²) in [5, 5.41) is 13.4. The highest BCUT2D eigenvalue weighted by molar-refractivity contribution is 6.03. The van der Waals surface area contributed by atoms with Gasteiger partial charge in [0.15, 0.2) is 0 Å². The number of carboxylic acids is 1. The molecule has 2 N–H and O–H groups in total. The molecule has 0 fully saturated rings. The van der Waals surface area contributed by atoms with Crippen molar-refractivity contribution < 1.29 is 9.90 Å². The third kappa shape index (κ3) is 5.05. The minimum Gasteiger partial charge on any atom is -0.478 e. The number of carbonyl (C=O) groups is 1. The lowest BCUT2D eigenvalue weighted by atomic mass is 10.1. The Labute approximate surface area is 159 Å². The summed E-state index contributed by atoms with van der Waals surface area (Å²) < 4.78 is 0. The number of hydrogen-bond acceptors (Lipinski definition) is 4. The number of anilines is 1. The van der Waals surface area contributed by atoms with E-state index >= 15 is 0 Å². The monoisotopic (exact) mass is 363 g/mol. The number of nitrogens with zero attached hydrogens (tertiary/aromatic N) is 2. The van der Waals surface area contributed by atoms with Crippen LogP contribution in [-0.4, -0.2) is 40.6 Å². The van der Waals surface area contributed by atoms with E-state index in [-0.39, 0.29) is 5.56 Å². The van der Waals surface area contributed by atoms with Crippen molar-refractivity contribution in [3.05, 3.63) is 71.8 Å². The zero-order chi connectivity index (χ0) is 19.1. The Hall–Kier alpha value is -2.92. The van der Waals surface area contributed by atoms with Gasteiger partial charge in [-0.25, -0.2) is 9.78 Å². The second-order valence-corrected chi connectivity index (χ2v) is 6.51. The minimum atomic E-state index is -0.934. The Kier molecular flexibility index (Phi) is 6.39. The molecule has 0 saturated carbocycles. The van der Waals surface area contributed by atoms with Gasteiger partial charge >= 0.3 is 5.97 Å². The van der Waals surface area contributed by atoms with Gasteiger partial charge in [-0.2, -0.15) is 0 Å². The Bertz CT molecular complexity index is 896. The number of fused-ring (bicyclic) bond motifs is 1. The lowest BCUT2D eigenvalue weighted by Gasteiger charge is -2.20. The van der Waals surface area contributed by atoms with Crippen molar-refractivity contribution in [2.45, 2.75) is 19.9 Å². The molecular weight excluding hydrogens is 338 g/mol. The van der Waals surface area contributed by atoms with Crippen LogP contribution < -0.4 is 5.32 Å². The molecule has 0 aliphatic rings. The van der Waals surface area contributed by atoms with Crippen LogP contribution in [0, 0.1) is 0 Å². The fraction of sp³-hybridized carbons (Fsp3) is 0.273. The summed E-state index contributed by atoms with van der Waals surface area (Å²) in [6, 6.07) is 19.4. The van der Waals surface area contributed by atoms with E-state index in [0.717, 1.165) is 32.6 Å². The quantitative estimate of drug-likeness (QED) is 0.556. The van der Waals surface area contributed by atoms with Crippen molar-refractivity contribution >= 4 is 22.7 Å². The molecular formula is C22H25N3O2. The number of aromatic nitrogens is 1. The Morgan fingerprint density at radius 3 is 2.59 bits per heavy atom. The predicted molar refractivity (Wildman–Crippen MR) is 109 cm³/mol. The van der Waals surface area contributed by atoms with E-state index < -0.39 is 5.97 Å². The van der Waals surface area contributed by atoms with Crippen LogP contribution in [-0.2, 0) is 6.54 Å². The molecule has 27 heavy (non-hydrogen) atoms. The first-order valence-electron chi connectivity index (χ1n) is 9.30. The first-order valence-corrected chi connectivity index (χ1v) is 9.30. The van der Waals surface area contributed by atoms with Crippen LogP contribution >= 0.6 is 0 Å². The van der Waals surface area contributed by atoms with Gasteiger partial charge < -0.3 is 10.4 Å². The smallest absolute Gasteiger partial charge is 0.336 e. The lowest BCUT2D eigenvalue weighted by molar-refractivity contribution is 0.0699. The number of para-hydroxylation sites is 1. The maximum Gasteiger partial charge on any atom is 0.336 e. The SMILES string of the molecule is CCN(CCCNc1cc(C(=O)O)c2ccccc2n1)Cc1ccccc1. The van der Waals surface area contributed by atoms with Crippen molar-refractivity contribution in [1.82, 2.24) is 9.88 Å². The number of aromatic carboxylic acids is 1. The topological polar surface area (TPSA) is 65.5 Å². The zero-order valence-corrected chi connectivity index (χ0v) is 15.6. The van der Waals surface area contributed by atoms with Gasteiger partial charge in [-0.1, -0.05) is 55.5 Å². The third-order valence-corrected chi connectivity index (χ3v) is 4.60. The maximum atomic E-state index is 11.5. The molecule has 5 nitrogen and oxygen atoms in total. The lowest BCUT2D eigenvalue weighted by Crippen LogP contribution is -2.25. The zero-order valence-electron chi connectivity index (χ0n) is 15.6. The second-order valence-electron chi connectivity index (χ2n) is 6.51. The number of hydrogen-bond donors (Lipinski definition) is 2. The molecule has 0 unspecified atom stereocenters. The van der Waals surface area contributed by atoms with E-state index in [1.54, 1.807) is 12.1 Å². The molecule has 0 saturated heterocycles. The van der Waals surface area contributed by atoms with E-state index in [0.29, 0.717) is 16.7 Å². The molecule has 0 bridgehead atoms. The summed E-state index contributed by atoms with van der Waals surface area (Å²) in [6.07, 6.45) is 0.956. The van der Waals surface area contributed by atoms with Gasteiger partial charge in [-0.05, 0) is 30.7 Å². The molecule has 1 aromatic heterocycles. The molecule has 140 valence electrons. The largest absolute Gasteiger partial charge is 0.478 e. The summed E-state index contributed by atoms with van der Waals surface area (Å²) in [5.41, 5.74) is 2.29. The molecule has 0 aliphatic heterocycles. The van der Waals surface area contributed by atoms with E-state index in [4.69, 9.17) is 0 Å². The van der Waals surface area contributed by atoms with Crippen LogP contribution in [0.15, 0.2) is 60.7 Å². The van der Waals surface area contributed by atoms with Gasteiger partial charge in [0.25, 0.3) is 0 Å². The Morgan fingerprint density at radius 1 is 1.11 bits per heavy atom. The normalized spacial score (nSPS) is 11.0. The summed E-state index contributed by atoms with van der Waals surface area (Å²) >= 11 is 0. The van der Waals surface area contributed by atoms with E-state index in [2.05, 4.69) is 46.4 Å². The Balaban J connectivity index is 1.57. The second kappa shape index (κ2) is 9.14. The van der Waals surface area contributed by atoms with Crippen LogP contribution in [0.3, 0.4) is 0 Å². The van der Waals surface area contributed by atoms with E-state index in [1.165, 1.54) is 5.56 Å². The van der Waals surface area contributed by atoms with Crippen molar-refractivity contribution in [2.75, 3.05) is 25.0 Å². The molecule has 0 spiro atoms. The molecule has 5 heteroatoms. The Morgan fingerprint density at radius 2 is 1.85 bits per heavy atom. The standard InChI is InChI=1S/C22H25N3O2/c1-2-25(16-17-9-4-3-5-10-17)14-8-13-23-21-15-19(22(26)27)18-11-6-7-12-20(18)24-21/h3-7,9-12,15H,2,8,13-14,16H2,1H3,(H,23,24)(H,26,27). The molecule has 0 amide bonds. The highest BCUT2D eigenvalue weighted by Gasteiger charge is 2.11. The van der Waals surface area contributed by atoms with Gasteiger partial charge in [-0.15, -0.1) is 0 Å². The highest BCUT2D eigenvalue weighted by atomic mass is 16.4. The highest BCUT2D eigenvalue weighted by Crippen LogP contribution is 2.20. The fourth-order valence-corrected chi connectivity index (χ4v) is 3.15. The van der Waals surface area contributed by atoms with Crippen molar-refractivity contribution in [1.29, 1.82) is 0 Å². The van der Waals surface area contributed by atoms with Gasteiger partial charge in [0.05, 0.1) is 11.1 Å². The van der Waals surface area contributed by atoms with Crippen LogP contribution in [0.25, 0.3) is 10.9 Å². The van der Waals surface area contributed by atoms with Crippen LogP contribution in [0.1, 0.15) is 29.3 Å². The van der Waals surface area contributed by atoms with Crippen LogP contribution in [0.5, 0.6) is 0 Å². The van der Waals surface area contributed by atoms with Gasteiger partial charge in [0, 0.05) is 25.0 Å². The molecule has 3 rings (SSSR count). The summed E-state index contributed by atoms with van der Waals surface area (Å²) in [7, 11) is 0. The summed E-state index contributed by atoms with van der Waals surface area (Å²) in [4.78, 5) is 18.5. The number of pyridine rings is 1. The van der Waals surface area contributed by atoms with Gasteiger partial charge in [-0.3, -0.25) is 4.90 Å². The first-order chi connectivity index (χ1) is 13.2. The molecule has 0 radical (unpaired) electrons. The number of carboxylic acid groups (broad SMARTS) is 1. The van der Waals surface area contributed by atoms with E-state index in [1.807, 2.05) is 24.3 Å². The fourth-order valence-electron chi connectivity index (χ4n) is 3.15. The minimum absolute atomic E-state index is 0.280. The molecule has 2 aromatic carbocycles. The van der Waals surface area contributed by atoms with E-state index in [9.17, 15) is 9.90 Å². The number of rotatable bonds is 9. The maximum absolute atomic E-state index is 11.5. The molecule has 1 heterocycles. The van der Waals surface area contributed by atoms with Crippen molar-refractivity contribution in [3.63, 3.8) is 0 Å². The number of benzene rings is 2. The van der Waals surface area contributed by atoms with Crippen LogP contribution in [0.4, 0.5) is 5.82 Å². The van der Waals surface area contributed by atoms with Crippen LogP contribution in [0.2, 0.25) is 0 Å². The molecule has 0 aliphatic carbocycles. The summed E-state index contributed by atoms with van der Waals surface area (Å²) in [6.45, 7) is 5.81. The number of nitrogens with one attached hydrogen (secondary N) is 1. The summed E-state index contributed by atoms with van der Waals surface area (Å²) in [5.74, 6) is -0.325. The molecule has 3 aromatic rings. The third-order valence-electron chi connectivity index (χ3n) is 4.60. The average molecular weight is 363 g/mol. The molecule has 0 atom stereocenters. The van der Waals surface area contributed by atoms with Crippen molar-refractivity contribution in [3.8, 4) is 0 Å². The van der Waals surface area contributed by atoms with Gasteiger partial charge in [0.1, 0.15) is 5.82 Å². The van der Waals surface area contributed by atoms with Gasteiger partial charge in [0.2, 0.25) is 0 Å². The average Bonchev–Trinajstić information content (AvgIpc) is 2.70. The predicted octanol–water partition coefficient (Wildman–Crippen LogP) is 4.26. The van der Waals surface area contributed by atoms with Crippen molar-refractivity contribution in [2.24, 2.45) is 0 Å².